The van der Waals surface area contributed by atoms with E-state index < -0.39 is 0 Å². The molecule has 0 saturated heterocycles. The lowest BCUT2D eigenvalue weighted by Crippen LogP contribution is -1.87. The van der Waals surface area contributed by atoms with Crippen LogP contribution in [-0.4, -0.2) is 0 Å². The second-order valence-corrected chi connectivity index (χ2v) is 2.21. The van der Waals surface area contributed by atoms with E-state index >= 15 is 0 Å². The van der Waals surface area contributed by atoms with Gasteiger partial charge >= 0.3 is 0 Å². The molecule has 0 aromatic rings. The van der Waals surface area contributed by atoms with E-state index in [-0.39, 0.29) is 0 Å². The highest BCUT2D eigenvalue weighted by Crippen LogP contribution is 2.04. The molecular formula is C8H14. The van der Waals surface area contributed by atoms with Crippen molar-refractivity contribution in [1.82, 2.24) is 0 Å². The van der Waals surface area contributed by atoms with Gasteiger partial charge in [-0.05, 0) is 6.42 Å². The minimum Gasteiger partial charge on any atom is -0.120 e. The third-order valence-electron chi connectivity index (χ3n) is 1.28. The van der Waals surface area contributed by atoms with E-state index in [1.54, 1.807) is 0 Å². The largest absolute Gasteiger partial charge is 0.120 e. The van der Waals surface area contributed by atoms with Crippen molar-refractivity contribution in [2.24, 2.45) is 5.92 Å². The van der Waals surface area contributed by atoms with E-state index in [2.05, 4.69) is 19.8 Å². The van der Waals surface area contributed by atoms with E-state index in [1.807, 2.05) is 0 Å². The number of unbranched alkanes of at least 4 members (excludes halogenated alkanes) is 1. The summed E-state index contributed by atoms with van der Waals surface area (Å²) in [7, 11) is 0. The van der Waals surface area contributed by atoms with E-state index in [0.29, 0.717) is 5.92 Å². The highest BCUT2D eigenvalue weighted by molar-refractivity contribution is 4.89. The van der Waals surface area contributed by atoms with Gasteiger partial charge in [-0.2, -0.15) is 0 Å². The van der Waals surface area contributed by atoms with Crippen LogP contribution in [-0.2, 0) is 0 Å². The second kappa shape index (κ2) is 4.71. The normalized spacial score (nSPS) is 12.6. The molecule has 46 valence electrons. The Balaban J connectivity index is 3.02. The number of rotatable bonds is 3. The Morgan fingerprint density at radius 3 is 2.62 bits per heavy atom. The maximum absolute atomic E-state index is 5.16. The molecule has 0 heteroatoms. The van der Waals surface area contributed by atoms with Crippen molar-refractivity contribution >= 4 is 0 Å². The van der Waals surface area contributed by atoms with Crippen LogP contribution in [0.3, 0.4) is 0 Å². The summed E-state index contributed by atoms with van der Waals surface area (Å²) in [6.07, 6.45) is 8.88. The zero-order valence-electron chi connectivity index (χ0n) is 5.78. The Kier molecular flexibility index (Phi) is 4.45. The van der Waals surface area contributed by atoms with Gasteiger partial charge in [0.15, 0.2) is 0 Å². The van der Waals surface area contributed by atoms with Crippen LogP contribution in [0, 0.1) is 18.3 Å². The first kappa shape index (κ1) is 7.56. The van der Waals surface area contributed by atoms with Crippen molar-refractivity contribution < 1.29 is 0 Å². The molecule has 0 bridgehead atoms. The lowest BCUT2D eigenvalue weighted by Gasteiger charge is -1.98. The van der Waals surface area contributed by atoms with Crippen molar-refractivity contribution in [3.63, 3.8) is 0 Å². The van der Waals surface area contributed by atoms with E-state index in [0.717, 1.165) is 0 Å². The summed E-state index contributed by atoms with van der Waals surface area (Å²) >= 11 is 0. The Hall–Kier alpha value is -0.440. The fourth-order valence-corrected chi connectivity index (χ4v) is 0.594. The van der Waals surface area contributed by atoms with Gasteiger partial charge in [0.25, 0.3) is 0 Å². The van der Waals surface area contributed by atoms with Crippen molar-refractivity contribution in [2.45, 2.75) is 33.1 Å². The molecule has 0 spiro atoms. The Labute approximate surface area is 52.3 Å². The quantitative estimate of drug-likeness (QED) is 0.489. The first-order valence-electron chi connectivity index (χ1n) is 3.27. The molecule has 8 heavy (non-hydrogen) atoms. The van der Waals surface area contributed by atoms with Crippen LogP contribution in [0.4, 0.5) is 0 Å². The van der Waals surface area contributed by atoms with Gasteiger partial charge in [0.2, 0.25) is 0 Å². The third kappa shape index (κ3) is 3.74. The summed E-state index contributed by atoms with van der Waals surface area (Å²) in [5, 5.41) is 0. The zero-order valence-corrected chi connectivity index (χ0v) is 5.78. The third-order valence-corrected chi connectivity index (χ3v) is 1.28. The molecule has 0 heterocycles. The summed E-state index contributed by atoms with van der Waals surface area (Å²) in [5.41, 5.74) is 0. The molecule has 0 N–H and O–H groups in total. The van der Waals surface area contributed by atoms with E-state index in [9.17, 15) is 0 Å². The van der Waals surface area contributed by atoms with Crippen LogP contribution in [0.15, 0.2) is 0 Å². The van der Waals surface area contributed by atoms with Gasteiger partial charge < -0.3 is 0 Å². The average Bonchev–Trinajstić information content (AvgIpc) is 1.83. The van der Waals surface area contributed by atoms with Crippen molar-refractivity contribution in [1.29, 1.82) is 0 Å². The standard InChI is InChI=1S/C8H14/c1-4-6-7-8(3)5-2/h2,8H,4,6-7H2,1,3H3. The SMILES string of the molecule is C#CC(C)CCCC. The minimum atomic E-state index is 0.481. The molecule has 0 aromatic heterocycles. The predicted molar refractivity (Wildman–Crippen MR) is 37.5 cm³/mol. The second-order valence-electron chi connectivity index (χ2n) is 2.21. The summed E-state index contributed by atoms with van der Waals surface area (Å²) in [6.45, 7) is 4.28. The van der Waals surface area contributed by atoms with Gasteiger partial charge in [-0.25, -0.2) is 0 Å². The van der Waals surface area contributed by atoms with Gasteiger partial charge in [-0.1, -0.05) is 26.7 Å². The monoisotopic (exact) mass is 110 g/mol. The number of hydrogen-bond acceptors (Lipinski definition) is 0. The topological polar surface area (TPSA) is 0 Å². The summed E-state index contributed by atoms with van der Waals surface area (Å²) in [5.74, 6) is 3.18. The highest BCUT2D eigenvalue weighted by atomic mass is 14.0. The van der Waals surface area contributed by atoms with Crippen LogP contribution in [0.25, 0.3) is 0 Å². The van der Waals surface area contributed by atoms with Crippen LogP contribution >= 0.6 is 0 Å². The summed E-state index contributed by atoms with van der Waals surface area (Å²) in [6, 6.07) is 0. The molecule has 0 aromatic carbocycles. The Morgan fingerprint density at radius 2 is 2.25 bits per heavy atom. The summed E-state index contributed by atoms with van der Waals surface area (Å²) < 4.78 is 0. The number of terminal acetylenes is 1. The lowest BCUT2D eigenvalue weighted by molar-refractivity contribution is 0.614. The molecular weight excluding hydrogens is 96.1 g/mol. The predicted octanol–water partition coefficient (Wildman–Crippen LogP) is 2.45. The van der Waals surface area contributed by atoms with Crippen molar-refractivity contribution in [3.8, 4) is 12.3 Å². The Morgan fingerprint density at radius 1 is 1.62 bits per heavy atom. The lowest BCUT2D eigenvalue weighted by atomic mass is 10.1. The van der Waals surface area contributed by atoms with Crippen LogP contribution in [0.2, 0.25) is 0 Å². The van der Waals surface area contributed by atoms with Gasteiger partial charge in [0.1, 0.15) is 0 Å². The fourth-order valence-electron chi connectivity index (χ4n) is 0.594. The minimum absolute atomic E-state index is 0.481. The molecule has 0 aliphatic heterocycles. The van der Waals surface area contributed by atoms with Gasteiger partial charge in [-0.3, -0.25) is 0 Å². The van der Waals surface area contributed by atoms with E-state index in [4.69, 9.17) is 6.42 Å². The maximum Gasteiger partial charge on any atom is 0.0171 e. The smallest absolute Gasteiger partial charge is 0.0171 e. The van der Waals surface area contributed by atoms with Crippen LogP contribution in [0.1, 0.15) is 33.1 Å². The highest BCUT2D eigenvalue weighted by Gasteiger charge is 1.92. The van der Waals surface area contributed by atoms with Crippen molar-refractivity contribution in [3.05, 3.63) is 0 Å². The molecule has 0 saturated carbocycles. The van der Waals surface area contributed by atoms with Gasteiger partial charge in [-0.15, -0.1) is 12.3 Å². The first-order chi connectivity index (χ1) is 3.81. The molecule has 0 aliphatic carbocycles. The first-order valence-corrected chi connectivity index (χ1v) is 3.27. The van der Waals surface area contributed by atoms with Gasteiger partial charge in [0, 0.05) is 5.92 Å². The van der Waals surface area contributed by atoms with Crippen LogP contribution in [0.5, 0.6) is 0 Å². The molecule has 1 unspecified atom stereocenters. The van der Waals surface area contributed by atoms with E-state index in [1.165, 1.54) is 19.3 Å². The Bertz CT molecular complexity index is 76.5. The molecule has 0 radical (unpaired) electrons. The average molecular weight is 110 g/mol. The van der Waals surface area contributed by atoms with Crippen molar-refractivity contribution in [2.75, 3.05) is 0 Å². The number of hydrogen-bond donors (Lipinski definition) is 0. The maximum atomic E-state index is 5.16. The molecule has 0 aliphatic rings. The zero-order chi connectivity index (χ0) is 6.41. The summed E-state index contributed by atoms with van der Waals surface area (Å²) in [4.78, 5) is 0. The molecule has 0 rings (SSSR count). The fraction of sp³-hybridized carbons (Fsp3) is 0.750. The molecule has 0 nitrogen and oxygen atoms in total. The molecule has 0 fully saturated rings. The molecule has 1 atom stereocenters. The van der Waals surface area contributed by atoms with Crippen LogP contribution < -0.4 is 0 Å². The van der Waals surface area contributed by atoms with Gasteiger partial charge in [0.05, 0.1) is 0 Å². The molecule has 0 amide bonds.